The molecule has 3 rings (SSSR count). The Morgan fingerprint density at radius 2 is 2.00 bits per heavy atom. The number of carbonyl (C=O) groups is 1. The van der Waals surface area contributed by atoms with Crippen molar-refractivity contribution in [2.24, 2.45) is 0 Å². The molecule has 0 radical (unpaired) electrons. The van der Waals surface area contributed by atoms with Gasteiger partial charge in [0.25, 0.3) is 5.91 Å². The standard InChI is InChI=1S/C19H16BrClFN3O2/c1-11(2)25(19(26)14-9-12(22)7-8-15(14)20)10-17-23-24-18(27-17)13-5-3-4-6-16(13)21/h3-9,11H,10H2,1-2H3. The second kappa shape index (κ2) is 8.19. The second-order valence-electron chi connectivity index (χ2n) is 6.13. The summed E-state index contributed by atoms with van der Waals surface area (Å²) in [5.41, 5.74) is 0.850. The van der Waals surface area contributed by atoms with Crippen molar-refractivity contribution in [3.63, 3.8) is 0 Å². The van der Waals surface area contributed by atoms with Crippen LogP contribution in [0.25, 0.3) is 11.5 Å². The van der Waals surface area contributed by atoms with Crippen molar-refractivity contribution in [2.75, 3.05) is 0 Å². The van der Waals surface area contributed by atoms with Crippen LogP contribution < -0.4 is 0 Å². The molecule has 0 atom stereocenters. The largest absolute Gasteiger partial charge is 0.419 e. The van der Waals surface area contributed by atoms with E-state index in [1.807, 2.05) is 19.9 Å². The van der Waals surface area contributed by atoms with Crippen LogP contribution in [0.4, 0.5) is 4.39 Å². The van der Waals surface area contributed by atoms with E-state index >= 15 is 0 Å². The fraction of sp³-hybridized carbons (Fsp3) is 0.211. The molecule has 0 spiro atoms. The predicted octanol–water partition coefficient (Wildman–Crippen LogP) is 5.34. The van der Waals surface area contributed by atoms with E-state index in [0.29, 0.717) is 15.1 Å². The van der Waals surface area contributed by atoms with Crippen molar-refractivity contribution in [1.29, 1.82) is 0 Å². The monoisotopic (exact) mass is 451 g/mol. The van der Waals surface area contributed by atoms with Crippen LogP contribution in [0.5, 0.6) is 0 Å². The van der Waals surface area contributed by atoms with Gasteiger partial charge in [0, 0.05) is 10.5 Å². The van der Waals surface area contributed by atoms with Gasteiger partial charge in [-0.2, -0.15) is 0 Å². The minimum absolute atomic E-state index is 0.0942. The number of hydrogen-bond acceptors (Lipinski definition) is 4. The van der Waals surface area contributed by atoms with Gasteiger partial charge >= 0.3 is 0 Å². The van der Waals surface area contributed by atoms with Crippen LogP contribution in [0, 0.1) is 5.82 Å². The number of halogens is 3. The van der Waals surface area contributed by atoms with Gasteiger partial charge in [0.1, 0.15) is 5.82 Å². The third-order valence-electron chi connectivity index (χ3n) is 3.92. The summed E-state index contributed by atoms with van der Waals surface area (Å²) in [7, 11) is 0. The number of amides is 1. The Bertz CT molecular complexity index is 977. The molecule has 0 aliphatic carbocycles. The molecule has 0 saturated carbocycles. The molecule has 3 aromatic rings. The highest BCUT2D eigenvalue weighted by atomic mass is 79.9. The second-order valence-corrected chi connectivity index (χ2v) is 7.39. The first kappa shape index (κ1) is 19.5. The van der Waals surface area contributed by atoms with Crippen molar-refractivity contribution >= 4 is 33.4 Å². The molecular weight excluding hydrogens is 437 g/mol. The van der Waals surface area contributed by atoms with Gasteiger partial charge in [0.2, 0.25) is 11.8 Å². The fourth-order valence-electron chi connectivity index (χ4n) is 2.51. The van der Waals surface area contributed by atoms with Gasteiger partial charge in [-0.1, -0.05) is 23.7 Å². The molecule has 0 unspecified atom stereocenters. The summed E-state index contributed by atoms with van der Waals surface area (Å²) in [4.78, 5) is 14.4. The molecular formula is C19H16BrClFN3O2. The Hall–Kier alpha value is -2.25. The lowest BCUT2D eigenvalue weighted by Crippen LogP contribution is -2.36. The SMILES string of the molecule is CC(C)N(Cc1nnc(-c2ccccc2Cl)o1)C(=O)c1cc(F)ccc1Br. The Morgan fingerprint density at radius 3 is 2.70 bits per heavy atom. The molecule has 5 nitrogen and oxygen atoms in total. The van der Waals surface area contributed by atoms with Gasteiger partial charge in [-0.25, -0.2) is 4.39 Å². The van der Waals surface area contributed by atoms with E-state index in [4.69, 9.17) is 16.0 Å². The van der Waals surface area contributed by atoms with Gasteiger partial charge in [0.15, 0.2) is 0 Å². The van der Waals surface area contributed by atoms with Gasteiger partial charge in [-0.3, -0.25) is 4.79 Å². The average Bonchev–Trinajstić information content (AvgIpc) is 3.10. The Morgan fingerprint density at radius 1 is 1.26 bits per heavy atom. The van der Waals surface area contributed by atoms with Crippen molar-refractivity contribution in [2.45, 2.75) is 26.4 Å². The van der Waals surface area contributed by atoms with E-state index in [9.17, 15) is 9.18 Å². The molecule has 27 heavy (non-hydrogen) atoms. The third kappa shape index (κ3) is 4.36. The number of hydrogen-bond donors (Lipinski definition) is 0. The van der Waals surface area contributed by atoms with Crippen molar-refractivity contribution < 1.29 is 13.6 Å². The molecule has 0 saturated heterocycles. The zero-order valence-electron chi connectivity index (χ0n) is 14.6. The van der Waals surface area contributed by atoms with E-state index in [2.05, 4.69) is 26.1 Å². The molecule has 1 aromatic heterocycles. The van der Waals surface area contributed by atoms with Crippen LogP contribution in [0.15, 0.2) is 51.4 Å². The summed E-state index contributed by atoms with van der Waals surface area (Å²) in [6.45, 7) is 3.81. The van der Waals surface area contributed by atoms with Crippen LogP contribution in [-0.2, 0) is 6.54 Å². The Balaban J connectivity index is 1.86. The quantitative estimate of drug-likeness (QED) is 0.524. The highest BCUT2D eigenvalue weighted by molar-refractivity contribution is 9.10. The summed E-state index contributed by atoms with van der Waals surface area (Å²) in [6.07, 6.45) is 0. The third-order valence-corrected chi connectivity index (χ3v) is 4.94. The van der Waals surface area contributed by atoms with Crippen LogP contribution in [0.3, 0.4) is 0 Å². The summed E-state index contributed by atoms with van der Waals surface area (Å²) in [6, 6.07) is 10.9. The van der Waals surface area contributed by atoms with Crippen molar-refractivity contribution in [3.05, 3.63) is 69.2 Å². The van der Waals surface area contributed by atoms with Gasteiger partial charge in [0.05, 0.1) is 22.7 Å². The van der Waals surface area contributed by atoms with E-state index in [1.165, 1.54) is 23.1 Å². The zero-order chi connectivity index (χ0) is 19.6. The number of nitrogens with zero attached hydrogens (tertiary/aromatic N) is 3. The number of benzene rings is 2. The molecule has 0 fully saturated rings. The lowest BCUT2D eigenvalue weighted by Gasteiger charge is -2.25. The molecule has 140 valence electrons. The highest BCUT2D eigenvalue weighted by Crippen LogP contribution is 2.27. The number of rotatable bonds is 5. The first-order valence-electron chi connectivity index (χ1n) is 8.20. The van der Waals surface area contributed by atoms with E-state index in [1.54, 1.807) is 18.2 Å². The highest BCUT2D eigenvalue weighted by Gasteiger charge is 2.24. The zero-order valence-corrected chi connectivity index (χ0v) is 17.0. The maximum absolute atomic E-state index is 13.6. The van der Waals surface area contributed by atoms with Gasteiger partial charge in [-0.15, -0.1) is 10.2 Å². The molecule has 0 aliphatic rings. The number of carbonyl (C=O) groups excluding carboxylic acids is 1. The Kier molecular flexibility index (Phi) is 5.92. The van der Waals surface area contributed by atoms with Crippen LogP contribution in [-0.4, -0.2) is 27.0 Å². The fourth-order valence-corrected chi connectivity index (χ4v) is 3.14. The van der Waals surface area contributed by atoms with Crippen LogP contribution in [0.2, 0.25) is 5.02 Å². The molecule has 0 bridgehead atoms. The van der Waals surface area contributed by atoms with Crippen LogP contribution in [0.1, 0.15) is 30.1 Å². The first-order chi connectivity index (χ1) is 12.9. The first-order valence-corrected chi connectivity index (χ1v) is 9.37. The molecule has 2 aromatic carbocycles. The van der Waals surface area contributed by atoms with Gasteiger partial charge < -0.3 is 9.32 Å². The maximum Gasteiger partial charge on any atom is 0.255 e. The summed E-state index contributed by atoms with van der Waals surface area (Å²) in [5.74, 6) is -0.281. The number of aromatic nitrogens is 2. The normalized spacial score (nSPS) is 11.0. The smallest absolute Gasteiger partial charge is 0.255 e. The van der Waals surface area contributed by atoms with Crippen LogP contribution >= 0.6 is 27.5 Å². The van der Waals surface area contributed by atoms with Crippen molar-refractivity contribution in [3.8, 4) is 11.5 Å². The predicted molar refractivity (Wildman–Crippen MR) is 104 cm³/mol. The lowest BCUT2D eigenvalue weighted by molar-refractivity contribution is 0.0671. The Labute approximate surface area is 169 Å². The summed E-state index contributed by atoms with van der Waals surface area (Å²) < 4.78 is 19.8. The molecule has 8 heteroatoms. The van der Waals surface area contributed by atoms with Crippen molar-refractivity contribution in [1.82, 2.24) is 15.1 Å². The van der Waals surface area contributed by atoms with Gasteiger partial charge in [-0.05, 0) is 60.1 Å². The lowest BCUT2D eigenvalue weighted by atomic mass is 10.1. The molecule has 1 amide bonds. The maximum atomic E-state index is 13.6. The van der Waals surface area contributed by atoms with E-state index in [0.717, 1.165) is 0 Å². The topological polar surface area (TPSA) is 59.2 Å². The minimum atomic E-state index is -0.482. The van der Waals surface area contributed by atoms with E-state index in [-0.39, 0.29) is 35.8 Å². The molecule has 0 aliphatic heterocycles. The minimum Gasteiger partial charge on any atom is -0.419 e. The average molecular weight is 453 g/mol. The summed E-state index contributed by atoms with van der Waals surface area (Å²) in [5, 5.41) is 8.53. The molecule has 0 N–H and O–H groups in total. The van der Waals surface area contributed by atoms with E-state index < -0.39 is 5.82 Å². The molecule has 1 heterocycles. The summed E-state index contributed by atoms with van der Waals surface area (Å²) >= 11 is 9.45.